The predicted octanol–water partition coefficient (Wildman–Crippen LogP) is -0.173. The normalized spacial score (nSPS) is 10.3. The van der Waals surface area contributed by atoms with Crippen molar-refractivity contribution in [2.45, 2.75) is 19.8 Å². The van der Waals surface area contributed by atoms with Crippen molar-refractivity contribution in [1.29, 1.82) is 0 Å². The highest BCUT2D eigenvalue weighted by Crippen LogP contribution is 1.95. The molecule has 0 aromatic heterocycles. The van der Waals surface area contributed by atoms with Crippen molar-refractivity contribution in [3.05, 3.63) is 0 Å². The topological polar surface area (TPSA) is 94.9 Å². The number of rotatable bonds is 8. The molecule has 0 fully saturated rings. The number of aliphatic carboxylic acids is 2. The van der Waals surface area contributed by atoms with Crippen molar-refractivity contribution >= 4 is 17.7 Å². The Morgan fingerprint density at radius 2 is 1.40 bits per heavy atom. The highest BCUT2D eigenvalue weighted by atomic mass is 16.4. The van der Waals surface area contributed by atoms with Gasteiger partial charge in [-0.2, -0.15) is 0 Å². The Balaban J connectivity index is 3.99. The van der Waals surface area contributed by atoms with Crippen LogP contribution in [0.3, 0.4) is 0 Å². The van der Waals surface area contributed by atoms with Gasteiger partial charge in [0.2, 0.25) is 0 Å². The van der Waals surface area contributed by atoms with Crippen molar-refractivity contribution in [2.24, 2.45) is 0 Å². The van der Waals surface area contributed by atoms with Crippen LogP contribution >= 0.6 is 0 Å². The first-order valence-corrected chi connectivity index (χ1v) is 4.57. The van der Waals surface area contributed by atoms with Crippen molar-refractivity contribution in [3.8, 4) is 0 Å². The summed E-state index contributed by atoms with van der Waals surface area (Å²) in [6.45, 7) is 1.87. The molecule has 6 heteroatoms. The van der Waals surface area contributed by atoms with Gasteiger partial charge < -0.3 is 10.2 Å². The van der Waals surface area contributed by atoms with E-state index in [-0.39, 0.29) is 38.3 Å². The van der Waals surface area contributed by atoms with E-state index in [9.17, 15) is 14.4 Å². The van der Waals surface area contributed by atoms with Crippen LogP contribution in [-0.4, -0.2) is 52.5 Å². The quantitative estimate of drug-likeness (QED) is 0.586. The van der Waals surface area contributed by atoms with E-state index in [1.807, 2.05) is 0 Å². The van der Waals surface area contributed by atoms with E-state index < -0.39 is 11.9 Å². The Bertz CT molecular complexity index is 233. The Morgan fingerprint density at radius 1 is 1.00 bits per heavy atom. The van der Waals surface area contributed by atoms with E-state index in [1.54, 1.807) is 0 Å². The summed E-state index contributed by atoms with van der Waals surface area (Å²) in [5, 5.41) is 16.9. The molecule has 0 radical (unpaired) electrons. The number of hydrogen-bond acceptors (Lipinski definition) is 4. The number of carbonyl (C=O) groups is 3. The van der Waals surface area contributed by atoms with E-state index >= 15 is 0 Å². The molecule has 0 heterocycles. The third-order valence-corrected chi connectivity index (χ3v) is 1.73. The molecule has 0 aliphatic rings. The van der Waals surface area contributed by atoms with Gasteiger partial charge in [-0.1, -0.05) is 0 Å². The number of carbonyl (C=O) groups excluding carboxylic acids is 1. The zero-order valence-electron chi connectivity index (χ0n) is 8.60. The van der Waals surface area contributed by atoms with Crippen molar-refractivity contribution < 1.29 is 24.6 Å². The molecular formula is C9H15NO5. The van der Waals surface area contributed by atoms with E-state index in [1.165, 1.54) is 11.8 Å². The highest BCUT2D eigenvalue weighted by Gasteiger charge is 2.11. The summed E-state index contributed by atoms with van der Waals surface area (Å²) >= 11 is 0. The third-order valence-electron chi connectivity index (χ3n) is 1.73. The molecule has 0 aromatic carbocycles. The second-order valence-electron chi connectivity index (χ2n) is 3.27. The van der Waals surface area contributed by atoms with Gasteiger partial charge in [-0.3, -0.25) is 19.3 Å². The summed E-state index contributed by atoms with van der Waals surface area (Å²) in [5.74, 6) is -2.02. The summed E-state index contributed by atoms with van der Waals surface area (Å²) in [7, 11) is 0. The maximum absolute atomic E-state index is 10.8. The lowest BCUT2D eigenvalue weighted by Gasteiger charge is -2.18. The van der Waals surface area contributed by atoms with Gasteiger partial charge in [0.25, 0.3) is 0 Å². The van der Waals surface area contributed by atoms with Crippen molar-refractivity contribution in [2.75, 3.05) is 19.6 Å². The number of hydrogen-bond donors (Lipinski definition) is 2. The SMILES string of the molecule is CC(=O)CN(CCC(=O)O)CCC(=O)O. The highest BCUT2D eigenvalue weighted by molar-refractivity contribution is 5.77. The molecule has 0 aliphatic carbocycles. The van der Waals surface area contributed by atoms with Gasteiger partial charge in [0.15, 0.2) is 0 Å². The minimum atomic E-state index is -0.959. The number of Topliss-reactive ketones (excluding diaryl/α,β-unsaturated/α-hetero) is 1. The van der Waals surface area contributed by atoms with E-state index in [0.29, 0.717) is 0 Å². The summed E-state index contributed by atoms with van der Waals surface area (Å²) in [5.41, 5.74) is 0. The number of carboxylic acids is 2. The Kier molecular flexibility index (Phi) is 6.28. The van der Waals surface area contributed by atoms with Gasteiger partial charge >= 0.3 is 11.9 Å². The van der Waals surface area contributed by atoms with Gasteiger partial charge in [-0.15, -0.1) is 0 Å². The number of ketones is 1. The van der Waals surface area contributed by atoms with E-state index in [2.05, 4.69) is 0 Å². The molecule has 0 atom stereocenters. The molecule has 0 saturated carbocycles. The van der Waals surface area contributed by atoms with Crippen LogP contribution in [0.2, 0.25) is 0 Å². The van der Waals surface area contributed by atoms with Crippen LogP contribution in [0, 0.1) is 0 Å². The fourth-order valence-electron chi connectivity index (χ4n) is 1.09. The van der Waals surface area contributed by atoms with Crippen LogP contribution < -0.4 is 0 Å². The smallest absolute Gasteiger partial charge is 0.304 e. The lowest BCUT2D eigenvalue weighted by Crippen LogP contribution is -2.32. The monoisotopic (exact) mass is 217 g/mol. The summed E-state index contributed by atoms with van der Waals surface area (Å²) in [4.78, 5) is 32.9. The molecule has 0 bridgehead atoms. The Morgan fingerprint density at radius 3 is 1.67 bits per heavy atom. The molecule has 0 aromatic rings. The van der Waals surface area contributed by atoms with Crippen molar-refractivity contribution in [1.82, 2.24) is 4.90 Å². The predicted molar refractivity (Wildman–Crippen MR) is 51.6 cm³/mol. The van der Waals surface area contributed by atoms with Gasteiger partial charge in [-0.05, 0) is 6.92 Å². The molecule has 0 saturated heterocycles. The third kappa shape index (κ3) is 8.89. The standard InChI is InChI=1S/C9H15NO5/c1-7(11)6-10(4-2-8(12)13)5-3-9(14)15/h2-6H2,1H3,(H,12,13)(H,14,15). The molecule has 2 N–H and O–H groups in total. The van der Waals surface area contributed by atoms with Gasteiger partial charge in [0.05, 0.1) is 19.4 Å². The Hall–Kier alpha value is -1.43. The number of nitrogens with zero attached hydrogens (tertiary/aromatic N) is 1. The molecule has 0 amide bonds. The van der Waals surface area contributed by atoms with Crippen LogP contribution in [0.25, 0.3) is 0 Å². The van der Waals surface area contributed by atoms with E-state index in [0.717, 1.165) is 0 Å². The average Bonchev–Trinajstić information content (AvgIpc) is 2.08. The molecule has 6 nitrogen and oxygen atoms in total. The molecule has 0 spiro atoms. The van der Waals surface area contributed by atoms with Crippen molar-refractivity contribution in [3.63, 3.8) is 0 Å². The molecule has 0 aliphatic heterocycles. The van der Waals surface area contributed by atoms with Crippen LogP contribution in [0.4, 0.5) is 0 Å². The van der Waals surface area contributed by atoms with Crippen LogP contribution in [-0.2, 0) is 14.4 Å². The average molecular weight is 217 g/mol. The first-order chi connectivity index (χ1) is 6.91. The summed E-state index contributed by atoms with van der Waals surface area (Å²) < 4.78 is 0. The zero-order chi connectivity index (χ0) is 11.8. The maximum Gasteiger partial charge on any atom is 0.304 e. The Labute approximate surface area is 87.5 Å². The van der Waals surface area contributed by atoms with E-state index in [4.69, 9.17) is 10.2 Å². The summed E-state index contributed by atoms with van der Waals surface area (Å²) in [6.07, 6.45) is -0.181. The molecule has 86 valence electrons. The largest absolute Gasteiger partial charge is 0.481 e. The minimum Gasteiger partial charge on any atom is -0.481 e. The first kappa shape index (κ1) is 13.6. The lowest BCUT2D eigenvalue weighted by atomic mass is 10.3. The maximum atomic E-state index is 10.8. The second kappa shape index (κ2) is 6.94. The molecule has 0 unspecified atom stereocenters. The van der Waals surface area contributed by atoms with Gasteiger partial charge in [-0.25, -0.2) is 0 Å². The second-order valence-corrected chi connectivity index (χ2v) is 3.27. The fourth-order valence-corrected chi connectivity index (χ4v) is 1.09. The molecule has 0 rings (SSSR count). The zero-order valence-corrected chi connectivity index (χ0v) is 8.60. The summed E-state index contributed by atoms with van der Waals surface area (Å²) in [6, 6.07) is 0. The lowest BCUT2D eigenvalue weighted by molar-refractivity contribution is -0.138. The molecular weight excluding hydrogens is 202 g/mol. The van der Waals surface area contributed by atoms with Crippen LogP contribution in [0.5, 0.6) is 0 Å². The van der Waals surface area contributed by atoms with Crippen LogP contribution in [0.1, 0.15) is 19.8 Å². The van der Waals surface area contributed by atoms with Crippen LogP contribution in [0.15, 0.2) is 0 Å². The van der Waals surface area contributed by atoms with Gasteiger partial charge in [0.1, 0.15) is 5.78 Å². The fraction of sp³-hybridized carbons (Fsp3) is 0.667. The first-order valence-electron chi connectivity index (χ1n) is 4.57. The van der Waals surface area contributed by atoms with Gasteiger partial charge in [0, 0.05) is 13.1 Å². The number of carboxylic acid groups (broad SMARTS) is 2. The molecule has 15 heavy (non-hydrogen) atoms. The minimum absolute atomic E-state index is 0.0904.